The number of likely N-dealkylation sites (tertiary alicyclic amines) is 1. The van der Waals surface area contributed by atoms with E-state index in [1.165, 1.54) is 19.4 Å². The molecule has 0 aromatic heterocycles. The van der Waals surface area contributed by atoms with E-state index in [1.807, 2.05) is 0 Å². The summed E-state index contributed by atoms with van der Waals surface area (Å²) in [6, 6.07) is 0.618. The highest BCUT2D eigenvalue weighted by Crippen LogP contribution is 2.24. The fourth-order valence-corrected chi connectivity index (χ4v) is 2.45. The van der Waals surface area contributed by atoms with E-state index >= 15 is 0 Å². The Kier molecular flexibility index (Phi) is 5.26. The minimum atomic E-state index is -0.658. The molecule has 1 aliphatic rings. The van der Waals surface area contributed by atoms with E-state index in [-0.39, 0.29) is 0 Å². The van der Waals surface area contributed by atoms with Crippen LogP contribution in [0.4, 0.5) is 0 Å². The molecule has 3 heteroatoms. The molecule has 94 valence electrons. The van der Waals surface area contributed by atoms with Gasteiger partial charge in [0, 0.05) is 19.0 Å². The smallest absolute Gasteiger partial charge is 0.303 e. The summed E-state index contributed by atoms with van der Waals surface area (Å²) < 4.78 is 0. The van der Waals surface area contributed by atoms with Gasteiger partial charge in [-0.3, -0.25) is 4.79 Å². The van der Waals surface area contributed by atoms with E-state index in [4.69, 9.17) is 5.11 Å². The molecule has 0 aliphatic carbocycles. The Morgan fingerprint density at radius 3 is 2.69 bits per heavy atom. The molecule has 1 fully saturated rings. The lowest BCUT2D eigenvalue weighted by atomic mass is 9.91. The molecule has 0 amide bonds. The first-order valence-electron chi connectivity index (χ1n) is 6.46. The van der Waals surface area contributed by atoms with Crippen molar-refractivity contribution < 1.29 is 9.90 Å². The maximum atomic E-state index is 10.6. The summed E-state index contributed by atoms with van der Waals surface area (Å²) in [5, 5.41) is 8.69. The number of nitrogens with zero attached hydrogens (tertiary/aromatic N) is 1. The van der Waals surface area contributed by atoms with Crippen LogP contribution in [0.2, 0.25) is 0 Å². The zero-order valence-corrected chi connectivity index (χ0v) is 10.8. The molecule has 1 N–H and O–H groups in total. The summed E-state index contributed by atoms with van der Waals surface area (Å²) in [6.45, 7) is 9.07. The molecular weight excluding hydrogens is 202 g/mol. The highest BCUT2D eigenvalue weighted by Gasteiger charge is 2.25. The van der Waals surface area contributed by atoms with Crippen LogP contribution >= 0.6 is 0 Å². The Morgan fingerprint density at radius 2 is 2.12 bits per heavy atom. The third kappa shape index (κ3) is 4.12. The third-order valence-electron chi connectivity index (χ3n) is 3.86. The van der Waals surface area contributed by atoms with E-state index in [0.29, 0.717) is 24.3 Å². The highest BCUT2D eigenvalue weighted by atomic mass is 16.4. The van der Waals surface area contributed by atoms with Gasteiger partial charge in [0.2, 0.25) is 0 Å². The number of hydrogen-bond donors (Lipinski definition) is 1. The predicted molar refractivity (Wildman–Crippen MR) is 65.5 cm³/mol. The molecule has 0 bridgehead atoms. The second kappa shape index (κ2) is 6.24. The Balaban J connectivity index is 2.37. The molecular formula is C13H25NO2. The number of carboxylic acid groups (broad SMARTS) is 1. The summed E-state index contributed by atoms with van der Waals surface area (Å²) in [4.78, 5) is 13.1. The largest absolute Gasteiger partial charge is 0.481 e. The van der Waals surface area contributed by atoms with Crippen LogP contribution in [-0.4, -0.2) is 35.1 Å². The van der Waals surface area contributed by atoms with Crippen molar-refractivity contribution in [3.63, 3.8) is 0 Å². The van der Waals surface area contributed by atoms with E-state index in [1.54, 1.807) is 0 Å². The van der Waals surface area contributed by atoms with Gasteiger partial charge in [-0.25, -0.2) is 0 Å². The van der Waals surface area contributed by atoms with Crippen molar-refractivity contribution >= 4 is 5.97 Å². The number of rotatable bonds is 5. The monoisotopic (exact) mass is 227 g/mol. The lowest BCUT2D eigenvalue weighted by molar-refractivity contribution is -0.137. The van der Waals surface area contributed by atoms with Gasteiger partial charge in [-0.05, 0) is 44.6 Å². The topological polar surface area (TPSA) is 40.5 Å². The molecule has 1 aliphatic heterocycles. The second-order valence-electron chi connectivity index (χ2n) is 5.42. The fourth-order valence-electron chi connectivity index (χ4n) is 2.45. The lowest BCUT2D eigenvalue weighted by Gasteiger charge is -2.38. The van der Waals surface area contributed by atoms with Crippen molar-refractivity contribution in [2.75, 3.05) is 13.1 Å². The SMILES string of the molecule is CC(C)C(C)N1CCCC(CCC(=O)O)C1. The van der Waals surface area contributed by atoms with Crippen molar-refractivity contribution in [2.24, 2.45) is 11.8 Å². The first kappa shape index (κ1) is 13.5. The molecule has 1 rings (SSSR count). The molecule has 0 aromatic carbocycles. The lowest BCUT2D eigenvalue weighted by Crippen LogP contribution is -2.43. The van der Waals surface area contributed by atoms with Crippen molar-refractivity contribution in [2.45, 2.75) is 52.5 Å². The molecule has 16 heavy (non-hydrogen) atoms. The van der Waals surface area contributed by atoms with Crippen molar-refractivity contribution in [1.29, 1.82) is 0 Å². The van der Waals surface area contributed by atoms with Gasteiger partial charge in [-0.2, -0.15) is 0 Å². The number of hydrogen-bond acceptors (Lipinski definition) is 2. The normalized spacial score (nSPS) is 24.6. The number of carboxylic acids is 1. The van der Waals surface area contributed by atoms with E-state index < -0.39 is 5.97 Å². The maximum absolute atomic E-state index is 10.6. The summed E-state index contributed by atoms with van der Waals surface area (Å²) in [7, 11) is 0. The van der Waals surface area contributed by atoms with Gasteiger partial charge in [-0.1, -0.05) is 13.8 Å². The molecule has 0 saturated carbocycles. The van der Waals surface area contributed by atoms with Crippen LogP contribution < -0.4 is 0 Å². The first-order chi connectivity index (χ1) is 7.50. The average Bonchev–Trinajstić information content (AvgIpc) is 2.25. The Bertz CT molecular complexity index is 228. The van der Waals surface area contributed by atoms with Crippen LogP contribution in [0.25, 0.3) is 0 Å². The zero-order chi connectivity index (χ0) is 12.1. The van der Waals surface area contributed by atoms with Crippen LogP contribution in [0, 0.1) is 11.8 Å². The van der Waals surface area contributed by atoms with E-state index in [9.17, 15) is 4.79 Å². The van der Waals surface area contributed by atoms with Crippen LogP contribution in [-0.2, 0) is 4.79 Å². The number of aliphatic carboxylic acids is 1. The Labute approximate surface area is 98.8 Å². The zero-order valence-electron chi connectivity index (χ0n) is 10.8. The van der Waals surface area contributed by atoms with Gasteiger partial charge < -0.3 is 10.0 Å². The standard InChI is InChI=1S/C13H25NO2/c1-10(2)11(3)14-8-4-5-12(9-14)6-7-13(15)16/h10-12H,4-9H2,1-3H3,(H,15,16). The minimum absolute atomic E-state index is 0.328. The van der Waals surface area contributed by atoms with Crippen LogP contribution in [0.15, 0.2) is 0 Å². The summed E-state index contributed by atoms with van der Waals surface area (Å²) in [5.41, 5.74) is 0. The highest BCUT2D eigenvalue weighted by molar-refractivity contribution is 5.66. The molecule has 1 saturated heterocycles. The van der Waals surface area contributed by atoms with Gasteiger partial charge in [0.25, 0.3) is 0 Å². The molecule has 0 radical (unpaired) electrons. The van der Waals surface area contributed by atoms with E-state index in [2.05, 4.69) is 25.7 Å². The van der Waals surface area contributed by atoms with Crippen molar-refractivity contribution in [1.82, 2.24) is 4.90 Å². The van der Waals surface area contributed by atoms with Crippen LogP contribution in [0.3, 0.4) is 0 Å². The van der Waals surface area contributed by atoms with Gasteiger partial charge in [0.1, 0.15) is 0 Å². The Hall–Kier alpha value is -0.570. The van der Waals surface area contributed by atoms with Crippen LogP contribution in [0.1, 0.15) is 46.5 Å². The number of carbonyl (C=O) groups is 1. The molecule has 2 unspecified atom stereocenters. The maximum Gasteiger partial charge on any atom is 0.303 e. The second-order valence-corrected chi connectivity index (χ2v) is 5.42. The van der Waals surface area contributed by atoms with Gasteiger partial charge in [-0.15, -0.1) is 0 Å². The summed E-state index contributed by atoms with van der Waals surface area (Å²) in [5.74, 6) is 0.610. The third-order valence-corrected chi connectivity index (χ3v) is 3.86. The first-order valence-corrected chi connectivity index (χ1v) is 6.46. The quantitative estimate of drug-likeness (QED) is 0.785. The van der Waals surface area contributed by atoms with E-state index in [0.717, 1.165) is 13.0 Å². The molecule has 2 atom stereocenters. The minimum Gasteiger partial charge on any atom is -0.481 e. The van der Waals surface area contributed by atoms with Gasteiger partial charge >= 0.3 is 5.97 Å². The fraction of sp³-hybridized carbons (Fsp3) is 0.923. The summed E-state index contributed by atoms with van der Waals surface area (Å²) >= 11 is 0. The molecule has 0 spiro atoms. The Morgan fingerprint density at radius 1 is 1.44 bits per heavy atom. The van der Waals surface area contributed by atoms with Crippen molar-refractivity contribution in [3.8, 4) is 0 Å². The van der Waals surface area contributed by atoms with Gasteiger partial charge in [0.05, 0.1) is 0 Å². The molecule has 0 aromatic rings. The van der Waals surface area contributed by atoms with Crippen molar-refractivity contribution in [3.05, 3.63) is 0 Å². The van der Waals surface area contributed by atoms with Gasteiger partial charge in [0.15, 0.2) is 0 Å². The summed E-state index contributed by atoms with van der Waals surface area (Å²) in [6.07, 6.45) is 3.60. The predicted octanol–water partition coefficient (Wildman–Crippen LogP) is 2.61. The molecule has 1 heterocycles. The van der Waals surface area contributed by atoms with Crippen LogP contribution in [0.5, 0.6) is 0 Å². The average molecular weight is 227 g/mol. The molecule has 3 nitrogen and oxygen atoms in total. The number of piperidine rings is 1.